The van der Waals surface area contributed by atoms with Crippen molar-refractivity contribution in [3.63, 3.8) is 0 Å². The van der Waals surface area contributed by atoms with Crippen LogP contribution in [0.4, 0.5) is 5.82 Å². The van der Waals surface area contributed by atoms with Crippen LogP contribution in [0.5, 0.6) is 0 Å². The lowest BCUT2D eigenvalue weighted by atomic mass is 10.2. The number of halogens is 2. The normalized spacial score (nSPS) is 21.1. The molecule has 1 saturated heterocycles. The number of anilines is 1. The van der Waals surface area contributed by atoms with Gasteiger partial charge in [-0.2, -0.15) is 11.8 Å². The Kier molecular flexibility index (Phi) is 3.42. The van der Waals surface area contributed by atoms with E-state index in [9.17, 15) is 0 Å². The Morgan fingerprint density at radius 1 is 1.50 bits per heavy atom. The highest BCUT2D eigenvalue weighted by atomic mass is 35.5. The Hall–Kier alpha value is -0.120. The predicted molar refractivity (Wildman–Crippen MR) is 63.6 cm³/mol. The molecule has 0 aromatic carbocycles. The zero-order chi connectivity index (χ0) is 9.97. The Balaban J connectivity index is 2.08. The van der Waals surface area contributed by atoms with Crippen molar-refractivity contribution in [2.24, 2.45) is 0 Å². The molecule has 1 atom stereocenters. The van der Waals surface area contributed by atoms with Crippen LogP contribution in [0, 0.1) is 0 Å². The minimum absolute atomic E-state index is 0.492. The molecule has 1 aliphatic rings. The van der Waals surface area contributed by atoms with Crippen molar-refractivity contribution in [1.82, 2.24) is 4.98 Å². The molecule has 1 fully saturated rings. The summed E-state index contributed by atoms with van der Waals surface area (Å²) in [6.07, 6.45) is 2.78. The standard InChI is InChI=1S/C9H10Cl2N2S/c10-6-3-8(11)9(12-4-6)13-7-1-2-14-5-7/h3-4,7H,1-2,5H2,(H,12,13). The second-order valence-electron chi connectivity index (χ2n) is 3.19. The summed E-state index contributed by atoms with van der Waals surface area (Å²) in [6.45, 7) is 0. The average molecular weight is 249 g/mol. The summed E-state index contributed by atoms with van der Waals surface area (Å²) >= 11 is 13.7. The third-order valence-electron chi connectivity index (χ3n) is 2.08. The summed E-state index contributed by atoms with van der Waals surface area (Å²) in [5.41, 5.74) is 0. The summed E-state index contributed by atoms with van der Waals surface area (Å²) in [4.78, 5) is 4.16. The quantitative estimate of drug-likeness (QED) is 0.870. The molecule has 2 nitrogen and oxygen atoms in total. The van der Waals surface area contributed by atoms with Gasteiger partial charge in [-0.3, -0.25) is 0 Å². The molecule has 1 aliphatic heterocycles. The van der Waals surface area contributed by atoms with Gasteiger partial charge in [0.2, 0.25) is 0 Å². The molecule has 0 saturated carbocycles. The van der Waals surface area contributed by atoms with Gasteiger partial charge in [-0.25, -0.2) is 4.98 Å². The van der Waals surface area contributed by atoms with E-state index in [-0.39, 0.29) is 0 Å². The fraction of sp³-hybridized carbons (Fsp3) is 0.444. The van der Waals surface area contributed by atoms with Gasteiger partial charge in [-0.1, -0.05) is 23.2 Å². The Morgan fingerprint density at radius 3 is 3.00 bits per heavy atom. The molecular formula is C9H10Cl2N2S. The van der Waals surface area contributed by atoms with Crippen molar-refractivity contribution in [2.75, 3.05) is 16.8 Å². The van der Waals surface area contributed by atoms with Crippen LogP contribution in [0.1, 0.15) is 6.42 Å². The second kappa shape index (κ2) is 4.60. The zero-order valence-electron chi connectivity index (χ0n) is 7.46. The summed E-state index contributed by atoms with van der Waals surface area (Å²) in [5.74, 6) is 3.08. The maximum atomic E-state index is 5.99. The maximum Gasteiger partial charge on any atom is 0.145 e. The van der Waals surface area contributed by atoms with Gasteiger partial charge in [0.1, 0.15) is 5.82 Å². The Bertz CT molecular complexity index is 327. The van der Waals surface area contributed by atoms with E-state index in [0.29, 0.717) is 16.1 Å². The summed E-state index contributed by atoms with van der Waals surface area (Å²) in [7, 11) is 0. The van der Waals surface area contributed by atoms with Crippen molar-refractivity contribution in [3.8, 4) is 0 Å². The number of hydrogen-bond donors (Lipinski definition) is 1. The van der Waals surface area contributed by atoms with Gasteiger partial charge in [-0.15, -0.1) is 0 Å². The third-order valence-corrected chi connectivity index (χ3v) is 3.74. The lowest BCUT2D eigenvalue weighted by Crippen LogP contribution is -2.19. The van der Waals surface area contributed by atoms with Crippen LogP contribution >= 0.6 is 35.0 Å². The van der Waals surface area contributed by atoms with Crippen LogP contribution in [-0.2, 0) is 0 Å². The second-order valence-corrected chi connectivity index (χ2v) is 5.18. The molecule has 2 rings (SSSR count). The van der Waals surface area contributed by atoms with Crippen LogP contribution in [-0.4, -0.2) is 22.5 Å². The van der Waals surface area contributed by atoms with Crippen molar-refractivity contribution in [1.29, 1.82) is 0 Å². The molecule has 0 aliphatic carbocycles. The molecule has 5 heteroatoms. The van der Waals surface area contributed by atoms with Gasteiger partial charge in [-0.05, 0) is 18.2 Å². The van der Waals surface area contributed by atoms with E-state index in [2.05, 4.69) is 10.3 Å². The number of nitrogens with one attached hydrogen (secondary N) is 1. The van der Waals surface area contributed by atoms with Gasteiger partial charge in [0.25, 0.3) is 0 Å². The first kappa shape index (κ1) is 10.4. The molecule has 0 amide bonds. The molecule has 1 aromatic heterocycles. The minimum Gasteiger partial charge on any atom is -0.365 e. The van der Waals surface area contributed by atoms with Crippen LogP contribution in [0.15, 0.2) is 12.3 Å². The van der Waals surface area contributed by atoms with Gasteiger partial charge >= 0.3 is 0 Å². The van der Waals surface area contributed by atoms with Crippen molar-refractivity contribution >= 4 is 40.8 Å². The van der Waals surface area contributed by atoms with E-state index in [4.69, 9.17) is 23.2 Å². The van der Waals surface area contributed by atoms with Gasteiger partial charge in [0, 0.05) is 18.0 Å². The number of hydrogen-bond acceptors (Lipinski definition) is 3. The minimum atomic E-state index is 0.492. The number of nitrogens with zero attached hydrogens (tertiary/aromatic N) is 1. The van der Waals surface area contributed by atoms with Crippen molar-refractivity contribution in [2.45, 2.75) is 12.5 Å². The molecule has 2 heterocycles. The van der Waals surface area contributed by atoms with Crippen molar-refractivity contribution in [3.05, 3.63) is 22.3 Å². The number of pyridine rings is 1. The van der Waals surface area contributed by atoms with E-state index < -0.39 is 0 Å². The maximum absolute atomic E-state index is 5.99. The molecule has 0 spiro atoms. The summed E-state index contributed by atoms with van der Waals surface area (Å²) < 4.78 is 0. The van der Waals surface area contributed by atoms with Gasteiger partial charge in [0.05, 0.1) is 10.0 Å². The fourth-order valence-corrected chi connectivity index (χ4v) is 2.95. The number of rotatable bonds is 2. The number of aromatic nitrogens is 1. The largest absolute Gasteiger partial charge is 0.365 e. The molecule has 1 N–H and O–H groups in total. The summed E-state index contributed by atoms with van der Waals surface area (Å²) in [6, 6.07) is 2.20. The lowest BCUT2D eigenvalue weighted by molar-refractivity contribution is 0.807. The third kappa shape index (κ3) is 2.47. The molecule has 76 valence electrons. The number of thioether (sulfide) groups is 1. The molecule has 14 heavy (non-hydrogen) atoms. The van der Waals surface area contributed by atoms with Crippen molar-refractivity contribution < 1.29 is 0 Å². The highest BCUT2D eigenvalue weighted by Gasteiger charge is 2.16. The predicted octanol–water partition coefficient (Wildman–Crippen LogP) is 3.31. The van der Waals surface area contributed by atoms with Crippen LogP contribution in [0.25, 0.3) is 0 Å². The highest BCUT2D eigenvalue weighted by Crippen LogP contribution is 2.26. The monoisotopic (exact) mass is 248 g/mol. The molecule has 0 radical (unpaired) electrons. The van der Waals surface area contributed by atoms with Crippen LogP contribution in [0.2, 0.25) is 10.0 Å². The first-order valence-corrected chi connectivity index (χ1v) is 6.32. The van der Waals surface area contributed by atoms with Gasteiger partial charge in [0.15, 0.2) is 0 Å². The first-order chi connectivity index (χ1) is 6.75. The highest BCUT2D eigenvalue weighted by molar-refractivity contribution is 7.99. The van der Waals surface area contributed by atoms with E-state index in [1.807, 2.05) is 11.8 Å². The summed E-state index contributed by atoms with van der Waals surface area (Å²) in [5, 5.41) is 4.48. The lowest BCUT2D eigenvalue weighted by Gasteiger charge is -2.12. The molecule has 0 bridgehead atoms. The Morgan fingerprint density at radius 2 is 2.36 bits per heavy atom. The fourth-order valence-electron chi connectivity index (χ4n) is 1.36. The van der Waals surface area contributed by atoms with E-state index in [1.54, 1.807) is 12.3 Å². The van der Waals surface area contributed by atoms with E-state index in [1.165, 1.54) is 12.2 Å². The van der Waals surface area contributed by atoms with E-state index >= 15 is 0 Å². The average Bonchev–Trinajstić information content (AvgIpc) is 2.62. The van der Waals surface area contributed by atoms with Crippen LogP contribution in [0.3, 0.4) is 0 Å². The SMILES string of the molecule is Clc1cnc(NC2CCSC2)c(Cl)c1. The first-order valence-electron chi connectivity index (χ1n) is 4.41. The Labute approximate surface area is 97.4 Å². The molecular weight excluding hydrogens is 239 g/mol. The zero-order valence-corrected chi connectivity index (χ0v) is 9.79. The van der Waals surface area contributed by atoms with E-state index in [0.717, 1.165) is 11.6 Å². The molecule has 1 unspecified atom stereocenters. The van der Waals surface area contributed by atoms with Gasteiger partial charge < -0.3 is 5.32 Å². The van der Waals surface area contributed by atoms with Crippen LogP contribution < -0.4 is 5.32 Å². The smallest absolute Gasteiger partial charge is 0.145 e. The molecule has 1 aromatic rings. The topological polar surface area (TPSA) is 24.9 Å².